The molecule has 0 atom stereocenters. The second-order valence-corrected chi connectivity index (χ2v) is 6.78. The molecule has 1 aliphatic rings. The molecule has 2 aromatic rings. The van der Waals surface area contributed by atoms with E-state index in [4.69, 9.17) is 18.9 Å². The van der Waals surface area contributed by atoms with Crippen LogP contribution in [0.5, 0.6) is 11.5 Å². The summed E-state index contributed by atoms with van der Waals surface area (Å²) >= 11 is 0. The second-order valence-electron chi connectivity index (χ2n) is 6.78. The summed E-state index contributed by atoms with van der Waals surface area (Å²) in [6, 6.07) is 3.69. The van der Waals surface area contributed by atoms with Crippen molar-refractivity contribution >= 4 is 22.7 Å². The highest BCUT2D eigenvalue weighted by atomic mass is 16.5. The smallest absolute Gasteiger partial charge is 0.163 e. The molecule has 0 bridgehead atoms. The van der Waals surface area contributed by atoms with Crippen LogP contribution in [-0.4, -0.2) is 69.7 Å². The summed E-state index contributed by atoms with van der Waals surface area (Å²) in [4.78, 5) is 22.0. The van der Waals surface area contributed by atoms with Crippen molar-refractivity contribution in [1.29, 1.82) is 0 Å². The van der Waals surface area contributed by atoms with Crippen molar-refractivity contribution in [3.8, 4) is 11.5 Å². The molecule has 1 aliphatic heterocycles. The molecule has 9 heteroatoms. The Kier molecular flexibility index (Phi) is 7.42. The number of carboxylic acids is 1. The molecule has 2 heterocycles. The monoisotopic (exact) mass is 404 g/mol. The number of benzene rings is 1. The van der Waals surface area contributed by atoms with Crippen molar-refractivity contribution < 1.29 is 28.8 Å². The molecule has 0 unspecified atom stereocenters. The zero-order chi connectivity index (χ0) is 20.6. The molecule has 0 N–H and O–H groups in total. The number of carboxylic acid groups (broad SMARTS) is 1. The van der Waals surface area contributed by atoms with Gasteiger partial charge < -0.3 is 33.7 Å². The number of piperidine rings is 1. The fourth-order valence-electron chi connectivity index (χ4n) is 3.32. The van der Waals surface area contributed by atoms with Crippen LogP contribution in [-0.2, 0) is 14.3 Å². The molecule has 3 rings (SSSR count). The Morgan fingerprint density at radius 2 is 1.66 bits per heavy atom. The van der Waals surface area contributed by atoms with Crippen LogP contribution >= 0.6 is 0 Å². The third-order valence-corrected chi connectivity index (χ3v) is 4.90. The standard InChI is InChI=1S/C20H27N3O6/c1-26-7-9-28-17-11-15-16(12-18(17)29-10-8-27-2)21-13-22-19(15)23-5-3-14(4-6-23)20(24)25/h11-14H,3-10H2,1-2H3,(H,24,25)/p-1. The highest BCUT2D eigenvalue weighted by molar-refractivity contribution is 5.92. The fraction of sp³-hybridized carbons (Fsp3) is 0.550. The zero-order valence-electron chi connectivity index (χ0n) is 16.8. The molecule has 0 saturated carbocycles. The molecule has 1 aromatic carbocycles. The van der Waals surface area contributed by atoms with E-state index < -0.39 is 11.9 Å². The van der Waals surface area contributed by atoms with Gasteiger partial charge in [0, 0.05) is 50.6 Å². The van der Waals surface area contributed by atoms with Gasteiger partial charge in [0.1, 0.15) is 25.4 Å². The molecular formula is C20H26N3O6-. The lowest BCUT2D eigenvalue weighted by Crippen LogP contribution is -2.41. The van der Waals surface area contributed by atoms with Gasteiger partial charge in [-0.05, 0) is 18.9 Å². The van der Waals surface area contributed by atoms with E-state index in [9.17, 15) is 9.90 Å². The highest BCUT2D eigenvalue weighted by Gasteiger charge is 2.23. The number of carbonyl (C=O) groups is 1. The fourth-order valence-corrected chi connectivity index (χ4v) is 3.32. The largest absolute Gasteiger partial charge is 0.550 e. The summed E-state index contributed by atoms with van der Waals surface area (Å²) < 4.78 is 21.8. The van der Waals surface area contributed by atoms with Crippen LogP contribution in [0.4, 0.5) is 5.82 Å². The van der Waals surface area contributed by atoms with Crippen molar-refractivity contribution in [2.24, 2.45) is 5.92 Å². The summed E-state index contributed by atoms with van der Waals surface area (Å²) in [6.07, 6.45) is 2.57. The average Bonchev–Trinajstić information content (AvgIpc) is 2.74. The maximum atomic E-state index is 11.1. The van der Waals surface area contributed by atoms with Gasteiger partial charge in [0.05, 0.1) is 18.7 Å². The number of hydrogen-bond acceptors (Lipinski definition) is 9. The number of aromatic nitrogens is 2. The van der Waals surface area contributed by atoms with Crippen LogP contribution in [0.2, 0.25) is 0 Å². The van der Waals surface area contributed by atoms with Crippen molar-refractivity contribution in [3.05, 3.63) is 18.5 Å². The van der Waals surface area contributed by atoms with Crippen LogP contribution in [0.1, 0.15) is 12.8 Å². The number of fused-ring (bicyclic) bond motifs is 1. The quantitative estimate of drug-likeness (QED) is 0.528. The van der Waals surface area contributed by atoms with E-state index in [2.05, 4.69) is 14.9 Å². The van der Waals surface area contributed by atoms with Crippen LogP contribution < -0.4 is 19.5 Å². The summed E-state index contributed by atoms with van der Waals surface area (Å²) in [5.41, 5.74) is 0.725. The van der Waals surface area contributed by atoms with E-state index in [1.165, 1.54) is 6.33 Å². The van der Waals surface area contributed by atoms with E-state index >= 15 is 0 Å². The van der Waals surface area contributed by atoms with Gasteiger partial charge in [-0.3, -0.25) is 0 Å². The number of hydrogen-bond donors (Lipinski definition) is 0. The van der Waals surface area contributed by atoms with E-state index in [0.29, 0.717) is 63.9 Å². The van der Waals surface area contributed by atoms with Crippen LogP contribution in [0, 0.1) is 5.92 Å². The number of carbonyl (C=O) groups excluding carboxylic acids is 1. The first-order valence-corrected chi connectivity index (χ1v) is 9.62. The van der Waals surface area contributed by atoms with Gasteiger partial charge in [-0.1, -0.05) is 0 Å². The molecule has 0 spiro atoms. The molecule has 1 aromatic heterocycles. The van der Waals surface area contributed by atoms with Crippen molar-refractivity contribution in [1.82, 2.24) is 9.97 Å². The number of nitrogens with zero attached hydrogens (tertiary/aromatic N) is 3. The maximum Gasteiger partial charge on any atom is 0.163 e. The molecule has 158 valence electrons. The molecule has 0 radical (unpaired) electrons. The highest BCUT2D eigenvalue weighted by Crippen LogP contribution is 2.36. The first-order chi connectivity index (χ1) is 14.1. The van der Waals surface area contributed by atoms with Crippen molar-refractivity contribution in [2.45, 2.75) is 12.8 Å². The summed E-state index contributed by atoms with van der Waals surface area (Å²) in [5.74, 6) is 0.515. The summed E-state index contributed by atoms with van der Waals surface area (Å²) in [7, 11) is 3.23. The number of rotatable bonds is 10. The van der Waals surface area contributed by atoms with Gasteiger partial charge in [-0.25, -0.2) is 9.97 Å². The van der Waals surface area contributed by atoms with Gasteiger partial charge in [0.25, 0.3) is 0 Å². The van der Waals surface area contributed by atoms with Crippen molar-refractivity contribution in [2.75, 3.05) is 58.6 Å². The zero-order valence-corrected chi connectivity index (χ0v) is 16.8. The Bertz CT molecular complexity index is 823. The number of anilines is 1. The van der Waals surface area contributed by atoms with Crippen LogP contribution in [0.3, 0.4) is 0 Å². The second kappa shape index (κ2) is 10.2. The normalized spacial score (nSPS) is 14.9. The lowest BCUT2D eigenvalue weighted by Gasteiger charge is -2.33. The number of methoxy groups -OCH3 is 2. The first kappa shape index (κ1) is 21.1. The van der Waals surface area contributed by atoms with E-state index in [0.717, 1.165) is 16.7 Å². The summed E-state index contributed by atoms with van der Waals surface area (Å²) in [6.45, 7) is 2.86. The molecule has 0 aliphatic carbocycles. The Morgan fingerprint density at radius 1 is 1.03 bits per heavy atom. The van der Waals surface area contributed by atoms with Gasteiger partial charge in [-0.15, -0.1) is 0 Å². The molecule has 0 amide bonds. The van der Waals surface area contributed by atoms with Gasteiger partial charge in [0.15, 0.2) is 11.5 Å². The molecule has 9 nitrogen and oxygen atoms in total. The third kappa shape index (κ3) is 5.24. The Balaban J connectivity index is 1.89. The molecule has 1 fully saturated rings. The first-order valence-electron chi connectivity index (χ1n) is 9.62. The summed E-state index contributed by atoms with van der Waals surface area (Å²) in [5, 5.41) is 11.9. The van der Waals surface area contributed by atoms with Gasteiger partial charge >= 0.3 is 0 Å². The predicted molar refractivity (Wildman–Crippen MR) is 104 cm³/mol. The lowest BCUT2D eigenvalue weighted by molar-refractivity contribution is -0.312. The number of ether oxygens (including phenoxy) is 4. The Hall–Kier alpha value is -2.65. The van der Waals surface area contributed by atoms with Crippen molar-refractivity contribution in [3.63, 3.8) is 0 Å². The van der Waals surface area contributed by atoms with E-state index in [1.54, 1.807) is 14.2 Å². The van der Waals surface area contributed by atoms with Gasteiger partial charge in [-0.2, -0.15) is 0 Å². The predicted octanol–water partition coefficient (Wildman–Crippen LogP) is 0.647. The molecule has 29 heavy (non-hydrogen) atoms. The number of aliphatic carboxylic acids is 1. The van der Waals surface area contributed by atoms with E-state index in [1.807, 2.05) is 12.1 Å². The van der Waals surface area contributed by atoms with Crippen LogP contribution in [0.15, 0.2) is 18.5 Å². The Morgan fingerprint density at radius 3 is 2.24 bits per heavy atom. The maximum absolute atomic E-state index is 11.1. The topological polar surface area (TPSA) is 106 Å². The van der Waals surface area contributed by atoms with E-state index in [-0.39, 0.29) is 0 Å². The molecule has 1 saturated heterocycles. The minimum absolute atomic E-state index is 0.378. The molecular weight excluding hydrogens is 378 g/mol. The van der Waals surface area contributed by atoms with Gasteiger partial charge in [0.2, 0.25) is 0 Å². The Labute approximate surface area is 169 Å². The van der Waals surface area contributed by atoms with Crippen LogP contribution in [0.25, 0.3) is 10.9 Å². The average molecular weight is 404 g/mol. The third-order valence-electron chi connectivity index (χ3n) is 4.90. The SMILES string of the molecule is COCCOc1cc2ncnc(N3CCC(C(=O)[O-])CC3)c2cc1OCCOC. The lowest BCUT2D eigenvalue weighted by atomic mass is 9.97. The minimum Gasteiger partial charge on any atom is -0.550 e. The minimum atomic E-state index is -0.983.